The van der Waals surface area contributed by atoms with E-state index >= 15 is 0 Å². The molecule has 0 aromatic heterocycles. The topological polar surface area (TPSA) is 47.6 Å². The van der Waals surface area contributed by atoms with Crippen LogP contribution in [0.5, 0.6) is 0 Å². The zero-order valence-corrected chi connectivity index (χ0v) is 10.2. The summed E-state index contributed by atoms with van der Waals surface area (Å²) in [5, 5.41) is 6.06. The molecule has 0 bridgehead atoms. The van der Waals surface area contributed by atoms with Gasteiger partial charge >= 0.3 is 0 Å². The third kappa shape index (κ3) is 2.36. The van der Waals surface area contributed by atoms with Gasteiger partial charge in [0.25, 0.3) is 0 Å². The summed E-state index contributed by atoms with van der Waals surface area (Å²) in [7, 11) is 3.87. The van der Waals surface area contributed by atoms with Crippen molar-refractivity contribution in [1.29, 1.82) is 0 Å². The largest absolute Gasteiger partial charge is 0.358 e. The van der Waals surface area contributed by atoms with Crippen LogP contribution in [0.3, 0.4) is 0 Å². The molecule has 2 unspecified atom stereocenters. The Labute approximate surface area is 97.2 Å². The van der Waals surface area contributed by atoms with Crippen LogP contribution in [0.25, 0.3) is 0 Å². The molecule has 5 nitrogen and oxygen atoms in total. The van der Waals surface area contributed by atoms with Gasteiger partial charge in [-0.15, -0.1) is 0 Å². The molecule has 0 saturated carbocycles. The number of rotatable bonds is 2. The van der Waals surface area contributed by atoms with Crippen molar-refractivity contribution in [3.8, 4) is 0 Å². The molecule has 2 aliphatic heterocycles. The molecule has 1 amide bonds. The minimum absolute atomic E-state index is 0.00949. The third-order valence-electron chi connectivity index (χ3n) is 3.67. The Morgan fingerprint density at radius 2 is 2.25 bits per heavy atom. The number of likely N-dealkylation sites (N-methyl/N-ethyl adjacent to an activating group) is 2. The van der Waals surface area contributed by atoms with Gasteiger partial charge in [0.1, 0.15) is 6.04 Å². The third-order valence-corrected chi connectivity index (χ3v) is 3.67. The number of carbonyl (C=O) groups is 1. The van der Waals surface area contributed by atoms with Crippen LogP contribution in [0.4, 0.5) is 0 Å². The molecular weight excluding hydrogens is 204 g/mol. The standard InChI is InChI=1S/C11H22N4O/c1-12-11(16)10-7-13-4-6-15(10)9-3-5-14(2)8-9/h9-10,13H,3-8H2,1-2H3,(H,12,16). The Bertz CT molecular complexity index is 258. The van der Waals surface area contributed by atoms with Crippen molar-refractivity contribution in [2.75, 3.05) is 46.8 Å². The molecule has 0 aromatic rings. The van der Waals surface area contributed by atoms with E-state index in [1.165, 1.54) is 6.42 Å². The zero-order valence-electron chi connectivity index (χ0n) is 10.2. The van der Waals surface area contributed by atoms with Gasteiger partial charge in [-0.2, -0.15) is 0 Å². The van der Waals surface area contributed by atoms with Gasteiger partial charge in [0.2, 0.25) is 5.91 Å². The first-order chi connectivity index (χ1) is 7.72. The fraction of sp³-hybridized carbons (Fsp3) is 0.909. The van der Waals surface area contributed by atoms with E-state index < -0.39 is 0 Å². The van der Waals surface area contributed by atoms with Gasteiger partial charge in [0.05, 0.1) is 0 Å². The Kier molecular flexibility index (Phi) is 3.78. The molecule has 2 rings (SSSR count). The number of carbonyl (C=O) groups excluding carboxylic acids is 1. The SMILES string of the molecule is CNC(=O)C1CNCCN1C1CCN(C)C1. The van der Waals surface area contributed by atoms with Gasteiger partial charge < -0.3 is 15.5 Å². The van der Waals surface area contributed by atoms with Crippen LogP contribution in [-0.4, -0.2) is 74.6 Å². The molecule has 2 heterocycles. The highest BCUT2D eigenvalue weighted by Crippen LogP contribution is 2.18. The van der Waals surface area contributed by atoms with Gasteiger partial charge in [-0.05, 0) is 20.0 Å². The van der Waals surface area contributed by atoms with Crippen LogP contribution in [0.2, 0.25) is 0 Å². The number of piperazine rings is 1. The minimum Gasteiger partial charge on any atom is -0.358 e. The van der Waals surface area contributed by atoms with Crippen LogP contribution in [0.1, 0.15) is 6.42 Å². The average Bonchev–Trinajstić information content (AvgIpc) is 2.75. The first-order valence-corrected chi connectivity index (χ1v) is 6.09. The summed E-state index contributed by atoms with van der Waals surface area (Å²) in [6.45, 7) is 4.99. The molecule has 5 heteroatoms. The predicted molar refractivity (Wildman–Crippen MR) is 63.3 cm³/mol. The minimum atomic E-state index is 0.00949. The second kappa shape index (κ2) is 5.12. The first kappa shape index (κ1) is 11.8. The number of hydrogen-bond acceptors (Lipinski definition) is 4. The fourth-order valence-electron chi connectivity index (χ4n) is 2.75. The Morgan fingerprint density at radius 3 is 2.88 bits per heavy atom. The van der Waals surface area contributed by atoms with E-state index in [1.807, 2.05) is 0 Å². The summed E-state index contributed by atoms with van der Waals surface area (Å²) in [6.07, 6.45) is 1.18. The summed E-state index contributed by atoms with van der Waals surface area (Å²) in [5.41, 5.74) is 0. The Morgan fingerprint density at radius 1 is 1.44 bits per heavy atom. The van der Waals surface area contributed by atoms with Crippen molar-refractivity contribution in [1.82, 2.24) is 20.4 Å². The maximum Gasteiger partial charge on any atom is 0.238 e. The summed E-state index contributed by atoms with van der Waals surface area (Å²) in [6, 6.07) is 0.560. The highest BCUT2D eigenvalue weighted by molar-refractivity contribution is 5.81. The lowest BCUT2D eigenvalue weighted by molar-refractivity contribution is -0.127. The molecule has 2 N–H and O–H groups in total. The molecule has 16 heavy (non-hydrogen) atoms. The highest BCUT2D eigenvalue weighted by atomic mass is 16.2. The zero-order chi connectivity index (χ0) is 11.5. The smallest absolute Gasteiger partial charge is 0.238 e. The number of nitrogens with one attached hydrogen (secondary N) is 2. The van der Waals surface area contributed by atoms with Crippen LogP contribution >= 0.6 is 0 Å². The molecule has 0 aromatic carbocycles. The highest BCUT2D eigenvalue weighted by Gasteiger charge is 2.35. The quantitative estimate of drug-likeness (QED) is 0.615. The average molecular weight is 226 g/mol. The molecule has 2 atom stereocenters. The van der Waals surface area contributed by atoms with E-state index in [9.17, 15) is 4.79 Å². The molecule has 2 saturated heterocycles. The van der Waals surface area contributed by atoms with Gasteiger partial charge in [-0.25, -0.2) is 0 Å². The Balaban J connectivity index is 2.01. The molecule has 0 spiro atoms. The first-order valence-electron chi connectivity index (χ1n) is 6.09. The van der Waals surface area contributed by atoms with Crippen LogP contribution in [-0.2, 0) is 4.79 Å². The lowest BCUT2D eigenvalue weighted by Crippen LogP contribution is -2.60. The van der Waals surface area contributed by atoms with Crippen molar-refractivity contribution in [3.63, 3.8) is 0 Å². The van der Waals surface area contributed by atoms with Crippen LogP contribution in [0, 0.1) is 0 Å². The molecular formula is C11H22N4O. The molecule has 2 aliphatic rings. The van der Waals surface area contributed by atoms with Crippen molar-refractivity contribution in [2.45, 2.75) is 18.5 Å². The molecule has 2 fully saturated rings. The summed E-state index contributed by atoms with van der Waals surface area (Å²) < 4.78 is 0. The van der Waals surface area contributed by atoms with Crippen molar-refractivity contribution in [2.24, 2.45) is 0 Å². The van der Waals surface area contributed by atoms with Crippen molar-refractivity contribution >= 4 is 5.91 Å². The van der Waals surface area contributed by atoms with E-state index in [4.69, 9.17) is 0 Å². The number of likely N-dealkylation sites (tertiary alicyclic amines) is 1. The number of hydrogen-bond donors (Lipinski definition) is 2. The summed E-state index contributed by atoms with van der Waals surface area (Å²) >= 11 is 0. The normalized spacial score (nSPS) is 32.9. The van der Waals surface area contributed by atoms with Crippen LogP contribution < -0.4 is 10.6 Å². The van der Waals surface area contributed by atoms with Crippen molar-refractivity contribution < 1.29 is 4.79 Å². The van der Waals surface area contributed by atoms with Gasteiger partial charge in [0.15, 0.2) is 0 Å². The van der Waals surface area contributed by atoms with E-state index in [-0.39, 0.29) is 11.9 Å². The number of amides is 1. The van der Waals surface area contributed by atoms with E-state index in [1.54, 1.807) is 7.05 Å². The van der Waals surface area contributed by atoms with Gasteiger partial charge in [-0.1, -0.05) is 0 Å². The monoisotopic (exact) mass is 226 g/mol. The lowest BCUT2D eigenvalue weighted by Gasteiger charge is -2.38. The summed E-state index contributed by atoms with van der Waals surface area (Å²) in [4.78, 5) is 16.5. The number of nitrogens with zero attached hydrogens (tertiary/aromatic N) is 2. The van der Waals surface area contributed by atoms with Gasteiger partial charge in [0, 0.05) is 39.3 Å². The second-order valence-electron chi connectivity index (χ2n) is 4.78. The predicted octanol–water partition coefficient (Wildman–Crippen LogP) is -1.29. The van der Waals surface area contributed by atoms with E-state index in [0.29, 0.717) is 6.04 Å². The van der Waals surface area contributed by atoms with Crippen LogP contribution in [0.15, 0.2) is 0 Å². The summed E-state index contributed by atoms with van der Waals surface area (Å²) in [5.74, 6) is 0.141. The molecule has 92 valence electrons. The van der Waals surface area contributed by atoms with E-state index in [0.717, 1.165) is 32.7 Å². The fourth-order valence-corrected chi connectivity index (χ4v) is 2.75. The maximum absolute atomic E-state index is 11.8. The molecule has 0 radical (unpaired) electrons. The Hall–Kier alpha value is -0.650. The van der Waals surface area contributed by atoms with E-state index in [2.05, 4.69) is 27.5 Å². The van der Waals surface area contributed by atoms with Crippen molar-refractivity contribution in [3.05, 3.63) is 0 Å². The second-order valence-corrected chi connectivity index (χ2v) is 4.78. The molecule has 0 aliphatic carbocycles. The maximum atomic E-state index is 11.8. The van der Waals surface area contributed by atoms with Gasteiger partial charge in [-0.3, -0.25) is 9.69 Å². The lowest BCUT2D eigenvalue weighted by atomic mass is 10.1.